The highest BCUT2D eigenvalue weighted by atomic mass is 32.1. The normalized spacial score (nSPS) is 12.4. The van der Waals surface area contributed by atoms with Crippen LogP contribution in [0.1, 0.15) is 35.2 Å². The molecule has 3 heteroatoms. The van der Waals surface area contributed by atoms with Crippen molar-refractivity contribution in [2.45, 2.75) is 33.2 Å². The van der Waals surface area contributed by atoms with Crippen molar-refractivity contribution in [1.29, 1.82) is 0 Å². The van der Waals surface area contributed by atoms with Crippen LogP contribution in [0.4, 0.5) is 5.69 Å². The molecule has 0 aliphatic heterocycles. The van der Waals surface area contributed by atoms with E-state index in [-0.39, 0.29) is 6.04 Å². The summed E-state index contributed by atoms with van der Waals surface area (Å²) >= 11 is 1.84. The minimum absolute atomic E-state index is 0.261. The third-order valence-electron chi connectivity index (χ3n) is 3.05. The average molecular weight is 261 g/mol. The van der Waals surface area contributed by atoms with Crippen LogP contribution in [-0.4, -0.2) is 5.11 Å². The molecule has 18 heavy (non-hydrogen) atoms. The molecule has 2 aromatic rings. The van der Waals surface area contributed by atoms with Gasteiger partial charge >= 0.3 is 0 Å². The van der Waals surface area contributed by atoms with Crippen LogP contribution < -0.4 is 5.32 Å². The van der Waals surface area contributed by atoms with Gasteiger partial charge in [0.15, 0.2) is 0 Å². The van der Waals surface area contributed by atoms with Crippen LogP contribution in [0.25, 0.3) is 0 Å². The van der Waals surface area contributed by atoms with Gasteiger partial charge in [-0.3, -0.25) is 0 Å². The number of phenolic OH excluding ortho intramolecular Hbond substituents is 1. The quantitative estimate of drug-likeness (QED) is 0.849. The van der Waals surface area contributed by atoms with E-state index in [1.807, 2.05) is 30.4 Å². The second kappa shape index (κ2) is 5.44. The van der Waals surface area contributed by atoms with E-state index in [9.17, 15) is 5.11 Å². The second-order valence-corrected chi connectivity index (χ2v) is 5.72. The summed E-state index contributed by atoms with van der Waals surface area (Å²) in [7, 11) is 0. The molecule has 0 aliphatic carbocycles. The third kappa shape index (κ3) is 2.85. The molecule has 96 valence electrons. The number of thiophene rings is 1. The molecule has 0 amide bonds. The molecule has 1 heterocycles. The predicted octanol–water partition coefficient (Wildman–Crippen LogP) is 4.50. The maximum Gasteiger partial charge on any atom is 0.120 e. The number of rotatable bonds is 4. The monoisotopic (exact) mass is 261 g/mol. The van der Waals surface area contributed by atoms with Crippen LogP contribution in [0.5, 0.6) is 5.75 Å². The van der Waals surface area contributed by atoms with Gasteiger partial charge < -0.3 is 10.4 Å². The van der Waals surface area contributed by atoms with Gasteiger partial charge in [-0.05, 0) is 44.0 Å². The van der Waals surface area contributed by atoms with Gasteiger partial charge in [-0.15, -0.1) is 11.3 Å². The molecule has 0 saturated carbocycles. The third-order valence-corrected chi connectivity index (χ3v) is 4.46. The van der Waals surface area contributed by atoms with Gasteiger partial charge in [-0.2, -0.15) is 0 Å². The first-order valence-electron chi connectivity index (χ1n) is 6.25. The second-order valence-electron chi connectivity index (χ2n) is 4.52. The van der Waals surface area contributed by atoms with Crippen molar-refractivity contribution in [3.63, 3.8) is 0 Å². The van der Waals surface area contributed by atoms with Crippen LogP contribution in [0, 0.1) is 6.92 Å². The van der Waals surface area contributed by atoms with Crippen LogP contribution >= 0.6 is 11.3 Å². The lowest BCUT2D eigenvalue weighted by Gasteiger charge is -2.14. The Morgan fingerprint density at radius 3 is 2.67 bits per heavy atom. The molecule has 1 aromatic carbocycles. The Hall–Kier alpha value is -1.48. The smallest absolute Gasteiger partial charge is 0.120 e. The maximum absolute atomic E-state index is 9.69. The number of aryl methyl sites for hydroxylation is 2. The summed E-state index contributed by atoms with van der Waals surface area (Å²) in [6.07, 6.45) is 1.09. The molecular formula is C15H19NOS. The van der Waals surface area contributed by atoms with Gasteiger partial charge in [0.05, 0.1) is 6.04 Å². The van der Waals surface area contributed by atoms with Crippen LogP contribution in [0.3, 0.4) is 0 Å². The van der Waals surface area contributed by atoms with E-state index in [2.05, 4.69) is 31.3 Å². The van der Waals surface area contributed by atoms with Crippen LogP contribution in [-0.2, 0) is 6.42 Å². The van der Waals surface area contributed by atoms with Crippen LogP contribution in [0.2, 0.25) is 0 Å². The number of nitrogens with one attached hydrogen (secondary N) is 1. The first-order chi connectivity index (χ1) is 8.60. The largest absolute Gasteiger partial charge is 0.508 e. The highest BCUT2D eigenvalue weighted by Crippen LogP contribution is 2.28. The zero-order chi connectivity index (χ0) is 13.1. The molecule has 1 aromatic heterocycles. The highest BCUT2D eigenvalue weighted by Gasteiger charge is 2.08. The molecule has 1 atom stereocenters. The Balaban J connectivity index is 2.10. The van der Waals surface area contributed by atoms with Crippen molar-refractivity contribution in [3.05, 3.63) is 45.6 Å². The Morgan fingerprint density at radius 1 is 1.28 bits per heavy atom. The van der Waals surface area contributed by atoms with E-state index in [1.54, 1.807) is 6.07 Å². The number of benzene rings is 1. The maximum atomic E-state index is 9.69. The van der Waals surface area contributed by atoms with Gasteiger partial charge in [-0.1, -0.05) is 13.0 Å². The zero-order valence-electron chi connectivity index (χ0n) is 11.0. The lowest BCUT2D eigenvalue weighted by atomic mass is 10.2. The minimum Gasteiger partial charge on any atom is -0.508 e. The SMILES string of the molecule is CCc1ccc(C(C)Nc2ccc(C)c(O)c2)s1. The molecule has 2 nitrogen and oxygen atoms in total. The summed E-state index contributed by atoms with van der Waals surface area (Å²) in [6.45, 7) is 6.21. The van der Waals surface area contributed by atoms with E-state index in [0.717, 1.165) is 17.7 Å². The van der Waals surface area contributed by atoms with E-state index in [0.29, 0.717) is 5.75 Å². The first kappa shape index (κ1) is 13.0. The van der Waals surface area contributed by atoms with Gasteiger partial charge in [0, 0.05) is 21.5 Å². The van der Waals surface area contributed by atoms with Gasteiger partial charge in [0.25, 0.3) is 0 Å². The molecule has 0 fully saturated rings. The fourth-order valence-corrected chi connectivity index (χ4v) is 2.79. The molecule has 1 unspecified atom stereocenters. The van der Waals surface area contributed by atoms with Gasteiger partial charge in [0.2, 0.25) is 0 Å². The lowest BCUT2D eigenvalue weighted by molar-refractivity contribution is 0.471. The number of hydrogen-bond acceptors (Lipinski definition) is 3. The van der Waals surface area contributed by atoms with Crippen molar-refractivity contribution in [2.75, 3.05) is 5.32 Å². The number of phenols is 1. The summed E-state index contributed by atoms with van der Waals surface area (Å²) in [5, 5.41) is 13.1. The number of hydrogen-bond donors (Lipinski definition) is 2. The summed E-state index contributed by atoms with van der Waals surface area (Å²) < 4.78 is 0. The Labute approximate surface area is 112 Å². The molecule has 2 rings (SSSR count). The molecular weight excluding hydrogens is 242 g/mol. The first-order valence-corrected chi connectivity index (χ1v) is 7.06. The Kier molecular flexibility index (Phi) is 3.92. The molecule has 0 aliphatic rings. The molecule has 2 N–H and O–H groups in total. The molecule has 0 radical (unpaired) electrons. The summed E-state index contributed by atoms with van der Waals surface area (Å²) in [6, 6.07) is 10.3. The summed E-state index contributed by atoms with van der Waals surface area (Å²) in [4.78, 5) is 2.73. The van der Waals surface area contributed by atoms with E-state index < -0.39 is 0 Å². The summed E-state index contributed by atoms with van der Waals surface area (Å²) in [5.41, 5.74) is 1.86. The minimum atomic E-state index is 0.261. The number of anilines is 1. The lowest BCUT2D eigenvalue weighted by Crippen LogP contribution is -2.04. The fraction of sp³-hybridized carbons (Fsp3) is 0.333. The van der Waals surface area contributed by atoms with Gasteiger partial charge in [0.1, 0.15) is 5.75 Å². The summed E-state index contributed by atoms with van der Waals surface area (Å²) in [5.74, 6) is 0.340. The molecule has 0 saturated heterocycles. The topological polar surface area (TPSA) is 32.3 Å². The van der Waals surface area contributed by atoms with Crippen LogP contribution in [0.15, 0.2) is 30.3 Å². The van der Waals surface area contributed by atoms with E-state index in [1.165, 1.54) is 9.75 Å². The Bertz CT molecular complexity index is 533. The van der Waals surface area contributed by atoms with Crippen molar-refractivity contribution in [1.82, 2.24) is 0 Å². The highest BCUT2D eigenvalue weighted by molar-refractivity contribution is 7.12. The predicted molar refractivity (Wildman–Crippen MR) is 78.6 cm³/mol. The number of aromatic hydroxyl groups is 1. The fourth-order valence-electron chi connectivity index (χ4n) is 1.84. The van der Waals surface area contributed by atoms with Crippen molar-refractivity contribution >= 4 is 17.0 Å². The van der Waals surface area contributed by atoms with E-state index in [4.69, 9.17) is 0 Å². The van der Waals surface area contributed by atoms with Crippen molar-refractivity contribution < 1.29 is 5.11 Å². The standard InChI is InChI=1S/C15H19NOS/c1-4-13-7-8-15(18-13)11(3)16-12-6-5-10(2)14(17)9-12/h5-9,11,16-17H,4H2,1-3H3. The van der Waals surface area contributed by atoms with Crippen molar-refractivity contribution in [2.24, 2.45) is 0 Å². The average Bonchev–Trinajstić information content (AvgIpc) is 2.82. The Morgan fingerprint density at radius 2 is 2.06 bits per heavy atom. The zero-order valence-corrected chi connectivity index (χ0v) is 11.8. The van der Waals surface area contributed by atoms with E-state index >= 15 is 0 Å². The van der Waals surface area contributed by atoms with Gasteiger partial charge in [-0.25, -0.2) is 0 Å². The van der Waals surface area contributed by atoms with Crippen molar-refractivity contribution in [3.8, 4) is 5.75 Å². The molecule has 0 bridgehead atoms. The molecule has 0 spiro atoms.